The van der Waals surface area contributed by atoms with Crippen LogP contribution in [0.2, 0.25) is 0 Å². The maximum absolute atomic E-state index is 11.3. The summed E-state index contributed by atoms with van der Waals surface area (Å²) >= 11 is 0. The number of aliphatic carboxylic acids is 1. The van der Waals surface area contributed by atoms with E-state index in [1.807, 2.05) is 0 Å². The maximum Gasteiger partial charge on any atom is 0.303 e. The van der Waals surface area contributed by atoms with Crippen molar-refractivity contribution in [3.63, 3.8) is 0 Å². The zero-order valence-electron chi connectivity index (χ0n) is 8.12. The number of rotatable bonds is 2. The Morgan fingerprint density at radius 1 is 1.57 bits per heavy atom. The van der Waals surface area contributed by atoms with Gasteiger partial charge in [0.25, 0.3) is 5.91 Å². The lowest BCUT2D eigenvalue weighted by atomic mass is 10.1. The van der Waals surface area contributed by atoms with Crippen LogP contribution in [0.1, 0.15) is 19.8 Å². The summed E-state index contributed by atoms with van der Waals surface area (Å²) in [4.78, 5) is 23.3. The first-order valence-corrected chi connectivity index (χ1v) is 4.57. The molecule has 1 fully saturated rings. The first-order valence-electron chi connectivity index (χ1n) is 4.57. The molecular formula is C10H13NO3. The first kappa shape index (κ1) is 10.6. The van der Waals surface area contributed by atoms with Gasteiger partial charge in [0.2, 0.25) is 0 Å². The van der Waals surface area contributed by atoms with Gasteiger partial charge >= 0.3 is 5.97 Å². The van der Waals surface area contributed by atoms with Gasteiger partial charge in [0.05, 0.1) is 0 Å². The normalized spacial score (nSPS) is 20.1. The summed E-state index contributed by atoms with van der Waals surface area (Å²) in [5.41, 5.74) is 0. The van der Waals surface area contributed by atoms with Gasteiger partial charge in [-0.1, -0.05) is 5.92 Å². The van der Waals surface area contributed by atoms with E-state index in [2.05, 4.69) is 11.8 Å². The second kappa shape index (κ2) is 4.66. The predicted molar refractivity (Wildman–Crippen MR) is 50.4 cm³/mol. The highest BCUT2D eigenvalue weighted by molar-refractivity contribution is 5.93. The van der Waals surface area contributed by atoms with Crippen LogP contribution in [0.15, 0.2) is 0 Å². The van der Waals surface area contributed by atoms with Crippen molar-refractivity contribution in [2.45, 2.75) is 19.8 Å². The average molecular weight is 195 g/mol. The molecule has 0 spiro atoms. The van der Waals surface area contributed by atoms with Crippen LogP contribution in [0.4, 0.5) is 0 Å². The molecular weight excluding hydrogens is 182 g/mol. The molecule has 1 rings (SSSR count). The van der Waals surface area contributed by atoms with Gasteiger partial charge in [-0.15, -0.1) is 0 Å². The molecule has 4 nitrogen and oxygen atoms in total. The molecule has 1 saturated heterocycles. The molecule has 14 heavy (non-hydrogen) atoms. The van der Waals surface area contributed by atoms with Crippen LogP contribution in [0.5, 0.6) is 0 Å². The minimum atomic E-state index is -0.800. The lowest BCUT2D eigenvalue weighted by Gasteiger charge is -2.11. The van der Waals surface area contributed by atoms with Crippen molar-refractivity contribution in [3.05, 3.63) is 0 Å². The molecule has 0 radical (unpaired) electrons. The second-order valence-electron chi connectivity index (χ2n) is 3.38. The average Bonchev–Trinajstić information content (AvgIpc) is 2.52. The minimum Gasteiger partial charge on any atom is -0.481 e. The smallest absolute Gasteiger partial charge is 0.303 e. The van der Waals surface area contributed by atoms with Crippen molar-refractivity contribution in [1.82, 2.24) is 4.90 Å². The van der Waals surface area contributed by atoms with E-state index in [1.54, 1.807) is 11.8 Å². The highest BCUT2D eigenvalue weighted by atomic mass is 16.4. The van der Waals surface area contributed by atoms with Gasteiger partial charge in [0.15, 0.2) is 0 Å². The summed E-state index contributed by atoms with van der Waals surface area (Å²) < 4.78 is 0. The van der Waals surface area contributed by atoms with E-state index < -0.39 is 5.97 Å². The Morgan fingerprint density at radius 2 is 2.29 bits per heavy atom. The van der Waals surface area contributed by atoms with Gasteiger partial charge in [0.1, 0.15) is 0 Å². The van der Waals surface area contributed by atoms with Crippen molar-refractivity contribution in [2.75, 3.05) is 13.1 Å². The van der Waals surface area contributed by atoms with Crippen LogP contribution < -0.4 is 0 Å². The number of carbonyl (C=O) groups excluding carboxylic acids is 1. The number of hydrogen-bond donors (Lipinski definition) is 1. The number of carbonyl (C=O) groups is 2. The molecule has 1 unspecified atom stereocenters. The van der Waals surface area contributed by atoms with Crippen LogP contribution >= 0.6 is 0 Å². The molecule has 0 aromatic rings. The number of amides is 1. The third-order valence-corrected chi connectivity index (χ3v) is 2.27. The first-order chi connectivity index (χ1) is 6.63. The number of hydrogen-bond acceptors (Lipinski definition) is 2. The van der Waals surface area contributed by atoms with Gasteiger partial charge < -0.3 is 10.0 Å². The number of likely N-dealkylation sites (tertiary alicyclic amines) is 1. The largest absolute Gasteiger partial charge is 0.481 e. The SMILES string of the molecule is CC#CC(=O)N1CCC(CC(=O)O)C1. The lowest BCUT2D eigenvalue weighted by molar-refractivity contribution is -0.138. The predicted octanol–water partition coefficient (Wildman–Crippen LogP) is 0.333. The fourth-order valence-corrected chi connectivity index (χ4v) is 1.62. The van der Waals surface area contributed by atoms with Gasteiger partial charge in [-0.25, -0.2) is 0 Å². The number of nitrogens with zero attached hydrogens (tertiary/aromatic N) is 1. The maximum atomic E-state index is 11.3. The molecule has 1 aliphatic heterocycles. The van der Waals surface area contributed by atoms with E-state index in [4.69, 9.17) is 5.11 Å². The Hall–Kier alpha value is -1.50. The molecule has 0 aromatic heterocycles. The summed E-state index contributed by atoms with van der Waals surface area (Å²) in [6, 6.07) is 0. The molecule has 1 N–H and O–H groups in total. The fourth-order valence-electron chi connectivity index (χ4n) is 1.62. The minimum absolute atomic E-state index is 0.0927. The van der Waals surface area contributed by atoms with Crippen molar-refractivity contribution < 1.29 is 14.7 Å². The van der Waals surface area contributed by atoms with E-state index in [9.17, 15) is 9.59 Å². The number of carboxylic acid groups (broad SMARTS) is 1. The summed E-state index contributed by atoms with van der Waals surface area (Å²) in [7, 11) is 0. The van der Waals surface area contributed by atoms with Crippen LogP contribution in [-0.2, 0) is 9.59 Å². The van der Waals surface area contributed by atoms with Crippen LogP contribution in [-0.4, -0.2) is 35.0 Å². The monoisotopic (exact) mass is 195 g/mol. The highest BCUT2D eigenvalue weighted by Crippen LogP contribution is 2.19. The van der Waals surface area contributed by atoms with Crippen LogP contribution in [0.25, 0.3) is 0 Å². The summed E-state index contributed by atoms with van der Waals surface area (Å²) in [5, 5.41) is 8.57. The molecule has 1 atom stereocenters. The topological polar surface area (TPSA) is 57.6 Å². The van der Waals surface area contributed by atoms with E-state index in [1.165, 1.54) is 0 Å². The highest BCUT2D eigenvalue weighted by Gasteiger charge is 2.26. The summed E-state index contributed by atoms with van der Waals surface area (Å²) in [5.74, 6) is 4.09. The van der Waals surface area contributed by atoms with Gasteiger partial charge in [-0.2, -0.15) is 0 Å². The fraction of sp³-hybridized carbons (Fsp3) is 0.600. The number of carboxylic acids is 1. The third kappa shape index (κ3) is 2.77. The van der Waals surface area contributed by atoms with Crippen LogP contribution in [0, 0.1) is 17.8 Å². The summed E-state index contributed by atoms with van der Waals surface area (Å²) in [6.45, 7) is 2.77. The molecule has 76 valence electrons. The zero-order valence-corrected chi connectivity index (χ0v) is 8.12. The molecule has 4 heteroatoms. The lowest BCUT2D eigenvalue weighted by Crippen LogP contribution is -2.27. The van der Waals surface area contributed by atoms with Crippen molar-refractivity contribution in [1.29, 1.82) is 0 Å². The molecule has 0 aromatic carbocycles. The molecule has 0 saturated carbocycles. The zero-order chi connectivity index (χ0) is 10.6. The Labute approximate surface area is 82.9 Å². The Kier molecular flexibility index (Phi) is 3.52. The standard InChI is InChI=1S/C10H13NO3/c1-2-3-9(12)11-5-4-8(7-11)6-10(13)14/h8H,4-7H2,1H3,(H,13,14). The Morgan fingerprint density at radius 3 is 2.86 bits per heavy atom. The van der Waals surface area contributed by atoms with E-state index >= 15 is 0 Å². The van der Waals surface area contributed by atoms with Crippen LogP contribution in [0.3, 0.4) is 0 Å². The second-order valence-corrected chi connectivity index (χ2v) is 3.38. The summed E-state index contributed by atoms with van der Waals surface area (Å²) in [6.07, 6.45) is 0.909. The molecule has 1 heterocycles. The third-order valence-electron chi connectivity index (χ3n) is 2.27. The molecule has 1 amide bonds. The Bertz CT molecular complexity index is 300. The van der Waals surface area contributed by atoms with Gasteiger partial charge in [0, 0.05) is 19.5 Å². The van der Waals surface area contributed by atoms with E-state index in [-0.39, 0.29) is 18.2 Å². The van der Waals surface area contributed by atoms with Gasteiger partial charge in [-0.3, -0.25) is 9.59 Å². The quantitative estimate of drug-likeness (QED) is 0.646. The molecule has 0 bridgehead atoms. The van der Waals surface area contributed by atoms with Crippen molar-refractivity contribution >= 4 is 11.9 Å². The molecule has 1 aliphatic rings. The van der Waals surface area contributed by atoms with Crippen molar-refractivity contribution in [3.8, 4) is 11.8 Å². The molecule has 0 aliphatic carbocycles. The van der Waals surface area contributed by atoms with Gasteiger partial charge in [-0.05, 0) is 25.2 Å². The van der Waals surface area contributed by atoms with Crippen molar-refractivity contribution in [2.24, 2.45) is 5.92 Å². The van der Waals surface area contributed by atoms with E-state index in [0.29, 0.717) is 13.1 Å². The van der Waals surface area contributed by atoms with E-state index in [0.717, 1.165) is 6.42 Å². The Balaban J connectivity index is 2.43.